The highest BCUT2D eigenvalue weighted by Gasteiger charge is 2.26. The van der Waals surface area contributed by atoms with E-state index in [0.29, 0.717) is 36.7 Å². The Balaban J connectivity index is 3.08. The van der Waals surface area contributed by atoms with Crippen LogP contribution < -0.4 is 4.74 Å². The maximum absolute atomic E-state index is 12.6. The lowest BCUT2D eigenvalue weighted by molar-refractivity contribution is 0.112. The number of hydrogen-bond acceptors (Lipinski definition) is 5. The zero-order valence-corrected chi connectivity index (χ0v) is 13.0. The zero-order chi connectivity index (χ0) is 15.0. The van der Waals surface area contributed by atoms with Crippen LogP contribution in [-0.4, -0.2) is 26.1 Å². The van der Waals surface area contributed by atoms with E-state index in [9.17, 15) is 9.36 Å². The van der Waals surface area contributed by atoms with Crippen molar-refractivity contribution in [3.8, 4) is 5.75 Å². The summed E-state index contributed by atoms with van der Waals surface area (Å²) in [4.78, 5) is 10.9. The molecule has 0 heterocycles. The van der Waals surface area contributed by atoms with E-state index in [1.807, 2.05) is 6.92 Å². The van der Waals surface area contributed by atoms with Crippen LogP contribution in [-0.2, 0) is 19.8 Å². The zero-order valence-electron chi connectivity index (χ0n) is 12.1. The second kappa shape index (κ2) is 8.20. The third-order valence-electron chi connectivity index (χ3n) is 2.54. The average molecular weight is 300 g/mol. The second-order valence-electron chi connectivity index (χ2n) is 4.02. The molecule has 0 atom stereocenters. The highest BCUT2D eigenvalue weighted by molar-refractivity contribution is 7.53. The van der Waals surface area contributed by atoms with E-state index in [-0.39, 0.29) is 6.16 Å². The smallest absolute Gasteiger partial charge is 0.335 e. The summed E-state index contributed by atoms with van der Waals surface area (Å²) in [6.07, 6.45) is 0.831. The molecule has 6 heteroatoms. The van der Waals surface area contributed by atoms with E-state index < -0.39 is 7.60 Å². The lowest BCUT2D eigenvalue weighted by Gasteiger charge is -2.19. The van der Waals surface area contributed by atoms with Gasteiger partial charge < -0.3 is 13.8 Å². The Labute approximate surface area is 119 Å². The van der Waals surface area contributed by atoms with Gasteiger partial charge in [-0.15, -0.1) is 0 Å². The van der Waals surface area contributed by atoms with Crippen LogP contribution in [0.2, 0.25) is 0 Å². The minimum atomic E-state index is -3.22. The number of carbonyl (C=O) groups is 1. The molecule has 0 aliphatic rings. The Kier molecular flexibility index (Phi) is 6.93. The van der Waals surface area contributed by atoms with Gasteiger partial charge in [-0.3, -0.25) is 9.36 Å². The molecule has 1 aromatic rings. The Morgan fingerprint density at radius 2 is 1.75 bits per heavy atom. The molecule has 5 nitrogen and oxygen atoms in total. The molecule has 0 amide bonds. The second-order valence-corrected chi connectivity index (χ2v) is 6.08. The summed E-state index contributed by atoms with van der Waals surface area (Å²) in [5, 5.41) is 0. The molecular formula is C14H21O5P. The van der Waals surface area contributed by atoms with E-state index in [2.05, 4.69) is 0 Å². The van der Waals surface area contributed by atoms with Gasteiger partial charge in [0.2, 0.25) is 0 Å². The van der Waals surface area contributed by atoms with Crippen molar-refractivity contribution in [1.82, 2.24) is 0 Å². The molecule has 0 fully saturated rings. The minimum absolute atomic E-state index is 0.0890. The minimum Gasteiger partial charge on any atom is -0.494 e. The summed E-state index contributed by atoms with van der Waals surface area (Å²) >= 11 is 0. The third-order valence-corrected chi connectivity index (χ3v) is 4.57. The molecule has 0 aromatic heterocycles. The Hall–Kier alpha value is -1.16. The van der Waals surface area contributed by atoms with Crippen molar-refractivity contribution in [2.75, 3.05) is 19.8 Å². The number of rotatable bonds is 9. The third kappa shape index (κ3) is 4.75. The topological polar surface area (TPSA) is 61.8 Å². The standard InChI is InChI=1S/C14H21O5P/c1-4-17-14-8-7-12(10-15)9-13(14)11-20(16,18-5-2)19-6-3/h7-10H,4-6,11H2,1-3H3. The van der Waals surface area contributed by atoms with Gasteiger partial charge in [0.1, 0.15) is 12.0 Å². The number of carbonyl (C=O) groups excluding carboxylic acids is 1. The summed E-state index contributed by atoms with van der Waals surface area (Å²) < 4.78 is 28.6. The fourth-order valence-electron chi connectivity index (χ4n) is 1.82. The highest BCUT2D eigenvalue weighted by Crippen LogP contribution is 2.52. The predicted molar refractivity (Wildman–Crippen MR) is 77.6 cm³/mol. The molecule has 0 bridgehead atoms. The van der Waals surface area contributed by atoms with Crippen molar-refractivity contribution in [3.63, 3.8) is 0 Å². The van der Waals surface area contributed by atoms with Gasteiger partial charge in [0.25, 0.3) is 0 Å². The molecule has 0 unspecified atom stereocenters. The molecule has 0 saturated heterocycles. The average Bonchev–Trinajstić information content (AvgIpc) is 2.41. The first kappa shape index (κ1) is 16.9. The SMILES string of the molecule is CCOc1ccc(C=O)cc1CP(=O)(OCC)OCC. The summed E-state index contributed by atoms with van der Waals surface area (Å²) in [5.41, 5.74) is 1.16. The Morgan fingerprint density at radius 1 is 1.10 bits per heavy atom. The molecule has 0 N–H and O–H groups in total. The number of benzene rings is 1. The maximum Gasteiger partial charge on any atom is 0.335 e. The number of hydrogen-bond donors (Lipinski definition) is 0. The molecule has 1 rings (SSSR count). The largest absolute Gasteiger partial charge is 0.494 e. The van der Waals surface area contributed by atoms with E-state index >= 15 is 0 Å². The maximum atomic E-state index is 12.6. The van der Waals surface area contributed by atoms with Crippen LogP contribution in [0.4, 0.5) is 0 Å². The summed E-state index contributed by atoms with van der Waals surface area (Å²) in [6.45, 7) is 6.47. The van der Waals surface area contributed by atoms with Crippen LogP contribution in [0.15, 0.2) is 18.2 Å². The van der Waals surface area contributed by atoms with E-state index in [1.54, 1.807) is 32.0 Å². The van der Waals surface area contributed by atoms with Crippen LogP contribution in [0, 0.1) is 0 Å². The van der Waals surface area contributed by atoms with Gasteiger partial charge in [0.15, 0.2) is 0 Å². The van der Waals surface area contributed by atoms with Crippen molar-refractivity contribution in [1.29, 1.82) is 0 Å². The van der Waals surface area contributed by atoms with Gasteiger partial charge in [0, 0.05) is 11.1 Å². The van der Waals surface area contributed by atoms with Crippen molar-refractivity contribution in [2.24, 2.45) is 0 Å². The Bertz CT molecular complexity index is 476. The fourth-order valence-corrected chi connectivity index (χ4v) is 3.53. The van der Waals surface area contributed by atoms with E-state index in [4.69, 9.17) is 13.8 Å². The Morgan fingerprint density at radius 3 is 2.25 bits per heavy atom. The first-order valence-electron chi connectivity index (χ1n) is 6.67. The quantitative estimate of drug-likeness (QED) is 0.514. The lowest BCUT2D eigenvalue weighted by Crippen LogP contribution is -2.03. The molecule has 0 aliphatic heterocycles. The molecule has 0 radical (unpaired) electrons. The molecule has 0 spiro atoms. The first-order valence-corrected chi connectivity index (χ1v) is 8.40. The van der Waals surface area contributed by atoms with Gasteiger partial charge in [0.05, 0.1) is 26.0 Å². The van der Waals surface area contributed by atoms with Crippen molar-refractivity contribution in [2.45, 2.75) is 26.9 Å². The van der Waals surface area contributed by atoms with E-state index in [0.717, 1.165) is 6.29 Å². The monoisotopic (exact) mass is 300 g/mol. The van der Waals surface area contributed by atoms with Crippen molar-refractivity contribution in [3.05, 3.63) is 29.3 Å². The van der Waals surface area contributed by atoms with Gasteiger partial charge in [-0.1, -0.05) is 0 Å². The van der Waals surface area contributed by atoms with Crippen LogP contribution in [0.3, 0.4) is 0 Å². The van der Waals surface area contributed by atoms with Crippen LogP contribution >= 0.6 is 7.60 Å². The normalized spacial score (nSPS) is 11.3. The predicted octanol–water partition coefficient (Wildman–Crippen LogP) is 3.66. The van der Waals surface area contributed by atoms with Crippen LogP contribution in [0.25, 0.3) is 0 Å². The van der Waals surface area contributed by atoms with Crippen molar-refractivity contribution < 1.29 is 23.1 Å². The summed E-state index contributed by atoms with van der Waals surface area (Å²) in [7, 11) is -3.22. The molecule has 20 heavy (non-hydrogen) atoms. The van der Waals surface area contributed by atoms with Gasteiger partial charge >= 0.3 is 7.60 Å². The van der Waals surface area contributed by atoms with Crippen LogP contribution in [0.1, 0.15) is 36.7 Å². The molecular weight excluding hydrogens is 279 g/mol. The molecule has 0 aliphatic carbocycles. The highest BCUT2D eigenvalue weighted by atomic mass is 31.2. The molecule has 1 aromatic carbocycles. The van der Waals surface area contributed by atoms with Crippen molar-refractivity contribution >= 4 is 13.9 Å². The number of aldehydes is 1. The van der Waals surface area contributed by atoms with Crippen LogP contribution in [0.5, 0.6) is 5.75 Å². The van der Waals surface area contributed by atoms with Gasteiger partial charge in [-0.25, -0.2) is 0 Å². The van der Waals surface area contributed by atoms with E-state index in [1.165, 1.54) is 0 Å². The molecule has 112 valence electrons. The summed E-state index contributed by atoms with van der Waals surface area (Å²) in [5.74, 6) is 0.595. The first-order chi connectivity index (χ1) is 9.58. The summed E-state index contributed by atoms with van der Waals surface area (Å²) in [6, 6.07) is 5.02. The fraction of sp³-hybridized carbons (Fsp3) is 0.500. The van der Waals surface area contributed by atoms with Gasteiger partial charge in [-0.05, 0) is 39.0 Å². The lowest BCUT2D eigenvalue weighted by atomic mass is 10.1. The molecule has 0 saturated carbocycles. The number of ether oxygens (including phenoxy) is 1. The van der Waals surface area contributed by atoms with Gasteiger partial charge in [-0.2, -0.15) is 0 Å².